The van der Waals surface area contributed by atoms with Crippen molar-refractivity contribution in [2.75, 3.05) is 19.8 Å². The SMILES string of the molecule is CC(C)C[C@@H](NC(=O)OCc1ccccc1)C(=O)N[C@H](CC1CCNC1=O)C1OCCCO1. The number of carbonyl (C=O) groups is 3. The molecule has 1 aromatic rings. The molecule has 0 aliphatic carbocycles. The lowest BCUT2D eigenvalue weighted by atomic mass is 9.96. The Balaban J connectivity index is 1.62. The second-order valence-corrected chi connectivity index (χ2v) is 8.98. The van der Waals surface area contributed by atoms with Gasteiger partial charge in [-0.05, 0) is 37.2 Å². The van der Waals surface area contributed by atoms with Gasteiger partial charge in [0.1, 0.15) is 12.6 Å². The molecule has 182 valence electrons. The van der Waals surface area contributed by atoms with Gasteiger partial charge in [-0.25, -0.2) is 4.79 Å². The molecular weight excluding hydrogens is 426 g/mol. The number of ether oxygens (including phenoxy) is 3. The van der Waals surface area contributed by atoms with Gasteiger partial charge in [-0.2, -0.15) is 0 Å². The van der Waals surface area contributed by atoms with E-state index in [0.717, 1.165) is 12.0 Å². The molecule has 33 heavy (non-hydrogen) atoms. The lowest BCUT2D eigenvalue weighted by Gasteiger charge is -2.33. The van der Waals surface area contributed by atoms with E-state index in [2.05, 4.69) is 16.0 Å². The molecule has 2 saturated heterocycles. The molecule has 2 fully saturated rings. The van der Waals surface area contributed by atoms with Crippen LogP contribution in [0.15, 0.2) is 30.3 Å². The van der Waals surface area contributed by atoms with Crippen LogP contribution >= 0.6 is 0 Å². The monoisotopic (exact) mass is 461 g/mol. The molecule has 1 aromatic carbocycles. The first-order valence-corrected chi connectivity index (χ1v) is 11.7. The van der Waals surface area contributed by atoms with Gasteiger partial charge in [0.15, 0.2) is 6.29 Å². The molecule has 0 spiro atoms. The number of rotatable bonds is 10. The third-order valence-electron chi connectivity index (χ3n) is 5.74. The zero-order chi connectivity index (χ0) is 23.6. The van der Waals surface area contributed by atoms with E-state index in [1.807, 2.05) is 44.2 Å². The van der Waals surface area contributed by atoms with Crippen molar-refractivity contribution >= 4 is 17.9 Å². The molecule has 3 N–H and O–H groups in total. The van der Waals surface area contributed by atoms with E-state index in [-0.39, 0.29) is 30.3 Å². The number of benzene rings is 1. The lowest BCUT2D eigenvalue weighted by molar-refractivity contribution is -0.196. The summed E-state index contributed by atoms with van der Waals surface area (Å²) in [6, 6.07) is 8.06. The van der Waals surface area contributed by atoms with Crippen molar-refractivity contribution in [1.29, 1.82) is 0 Å². The average Bonchev–Trinajstić information content (AvgIpc) is 3.22. The van der Waals surface area contributed by atoms with E-state index < -0.39 is 24.5 Å². The lowest BCUT2D eigenvalue weighted by Crippen LogP contribution is -2.55. The second-order valence-electron chi connectivity index (χ2n) is 8.98. The minimum Gasteiger partial charge on any atom is -0.445 e. The number of hydrogen-bond donors (Lipinski definition) is 3. The summed E-state index contributed by atoms with van der Waals surface area (Å²) in [5.74, 6) is -0.416. The van der Waals surface area contributed by atoms with Crippen molar-refractivity contribution in [3.05, 3.63) is 35.9 Å². The smallest absolute Gasteiger partial charge is 0.408 e. The zero-order valence-corrected chi connectivity index (χ0v) is 19.4. The number of amides is 3. The summed E-state index contributed by atoms with van der Waals surface area (Å²) in [6.45, 7) is 5.77. The highest BCUT2D eigenvalue weighted by Crippen LogP contribution is 2.21. The Morgan fingerprint density at radius 1 is 1.15 bits per heavy atom. The van der Waals surface area contributed by atoms with Gasteiger partial charge >= 0.3 is 6.09 Å². The van der Waals surface area contributed by atoms with Crippen LogP contribution in [0.1, 0.15) is 45.1 Å². The summed E-state index contributed by atoms with van der Waals surface area (Å²) in [5.41, 5.74) is 0.860. The van der Waals surface area contributed by atoms with Crippen molar-refractivity contribution in [2.45, 2.75) is 64.5 Å². The van der Waals surface area contributed by atoms with E-state index in [1.54, 1.807) is 0 Å². The van der Waals surface area contributed by atoms with Crippen molar-refractivity contribution in [1.82, 2.24) is 16.0 Å². The van der Waals surface area contributed by atoms with Crippen molar-refractivity contribution in [2.24, 2.45) is 11.8 Å². The third kappa shape index (κ3) is 8.01. The number of hydrogen-bond acceptors (Lipinski definition) is 6. The number of alkyl carbamates (subject to hydrolysis) is 1. The van der Waals surface area contributed by atoms with Gasteiger partial charge in [-0.1, -0.05) is 44.2 Å². The van der Waals surface area contributed by atoms with Gasteiger partial charge < -0.3 is 30.2 Å². The highest BCUT2D eigenvalue weighted by Gasteiger charge is 2.35. The fourth-order valence-corrected chi connectivity index (χ4v) is 4.05. The highest BCUT2D eigenvalue weighted by molar-refractivity contribution is 5.86. The van der Waals surface area contributed by atoms with Crippen LogP contribution in [0.5, 0.6) is 0 Å². The predicted molar refractivity (Wildman–Crippen MR) is 121 cm³/mol. The normalized spacial score (nSPS) is 20.7. The van der Waals surface area contributed by atoms with Crippen molar-refractivity contribution in [3.63, 3.8) is 0 Å². The van der Waals surface area contributed by atoms with Crippen LogP contribution in [0.25, 0.3) is 0 Å². The van der Waals surface area contributed by atoms with Crippen LogP contribution in [0.3, 0.4) is 0 Å². The minimum absolute atomic E-state index is 0.0218. The molecule has 1 unspecified atom stereocenters. The van der Waals surface area contributed by atoms with E-state index >= 15 is 0 Å². The molecular formula is C24H35N3O6. The first-order chi connectivity index (χ1) is 15.9. The molecule has 0 radical (unpaired) electrons. The number of carbonyl (C=O) groups excluding carboxylic acids is 3. The Morgan fingerprint density at radius 3 is 2.52 bits per heavy atom. The van der Waals surface area contributed by atoms with Crippen LogP contribution in [0.4, 0.5) is 4.79 Å². The molecule has 0 saturated carbocycles. The molecule has 3 atom stereocenters. The second kappa shape index (κ2) is 12.6. The van der Waals surface area contributed by atoms with E-state index in [0.29, 0.717) is 39.0 Å². The summed E-state index contributed by atoms with van der Waals surface area (Å²) >= 11 is 0. The third-order valence-corrected chi connectivity index (χ3v) is 5.74. The average molecular weight is 462 g/mol. The van der Waals surface area contributed by atoms with Crippen LogP contribution in [-0.2, 0) is 30.4 Å². The Morgan fingerprint density at radius 2 is 1.88 bits per heavy atom. The topological polar surface area (TPSA) is 115 Å². The van der Waals surface area contributed by atoms with Gasteiger partial charge in [0.2, 0.25) is 11.8 Å². The maximum Gasteiger partial charge on any atom is 0.408 e. The molecule has 9 heteroatoms. The fraction of sp³-hybridized carbons (Fsp3) is 0.625. The molecule has 2 aliphatic rings. The molecule has 3 amide bonds. The van der Waals surface area contributed by atoms with Gasteiger partial charge in [-0.15, -0.1) is 0 Å². The summed E-state index contributed by atoms with van der Waals surface area (Å²) in [6.07, 6.45) is 1.06. The van der Waals surface area contributed by atoms with Crippen LogP contribution in [0.2, 0.25) is 0 Å². The predicted octanol–water partition coefficient (Wildman–Crippen LogP) is 2.10. The summed E-state index contributed by atoms with van der Waals surface area (Å²) in [5, 5.41) is 8.50. The maximum absolute atomic E-state index is 13.2. The Kier molecular flexibility index (Phi) is 9.50. The van der Waals surface area contributed by atoms with Crippen LogP contribution in [0, 0.1) is 11.8 Å². The fourth-order valence-electron chi connectivity index (χ4n) is 4.05. The molecule has 0 aromatic heterocycles. The molecule has 2 heterocycles. The minimum atomic E-state index is -0.781. The highest BCUT2D eigenvalue weighted by atomic mass is 16.7. The van der Waals surface area contributed by atoms with Gasteiger partial charge in [0.25, 0.3) is 0 Å². The quantitative estimate of drug-likeness (QED) is 0.492. The Bertz CT molecular complexity index is 782. The Hall–Kier alpha value is -2.65. The van der Waals surface area contributed by atoms with Crippen LogP contribution < -0.4 is 16.0 Å². The van der Waals surface area contributed by atoms with Crippen LogP contribution in [-0.4, -0.2) is 56.0 Å². The van der Waals surface area contributed by atoms with E-state index in [1.165, 1.54) is 0 Å². The largest absolute Gasteiger partial charge is 0.445 e. The van der Waals surface area contributed by atoms with E-state index in [4.69, 9.17) is 14.2 Å². The van der Waals surface area contributed by atoms with Crippen molar-refractivity contribution in [3.8, 4) is 0 Å². The zero-order valence-electron chi connectivity index (χ0n) is 19.4. The molecule has 2 aliphatic heterocycles. The molecule has 0 bridgehead atoms. The Labute approximate surface area is 194 Å². The van der Waals surface area contributed by atoms with E-state index in [9.17, 15) is 14.4 Å². The first-order valence-electron chi connectivity index (χ1n) is 11.7. The van der Waals surface area contributed by atoms with Crippen molar-refractivity contribution < 1.29 is 28.6 Å². The van der Waals surface area contributed by atoms with Gasteiger partial charge in [-0.3, -0.25) is 9.59 Å². The van der Waals surface area contributed by atoms with Gasteiger partial charge in [0, 0.05) is 12.5 Å². The molecule has 9 nitrogen and oxygen atoms in total. The standard InChI is InChI=1S/C24H35N3O6/c1-16(2)13-19(27-24(30)33-15-17-7-4-3-5-8-17)22(29)26-20(23-31-11-6-12-32-23)14-18-9-10-25-21(18)28/h3-5,7-8,16,18-20,23H,6,9-15H2,1-2H3,(H,25,28)(H,26,29)(H,27,30)/t18?,19-,20-/m1/s1. The summed E-state index contributed by atoms with van der Waals surface area (Å²) in [4.78, 5) is 37.7. The number of nitrogens with one attached hydrogen (secondary N) is 3. The first kappa shape index (κ1) is 25.0. The molecule has 3 rings (SSSR count). The van der Waals surface area contributed by atoms with Gasteiger partial charge in [0.05, 0.1) is 19.3 Å². The summed E-state index contributed by atoms with van der Waals surface area (Å²) < 4.78 is 16.8. The summed E-state index contributed by atoms with van der Waals surface area (Å²) in [7, 11) is 0. The maximum atomic E-state index is 13.2.